The number of rotatable bonds is 4. The van der Waals surface area contributed by atoms with Gasteiger partial charge in [0, 0.05) is 17.5 Å². The third-order valence-corrected chi connectivity index (χ3v) is 1.94. The average molecular weight is 214 g/mol. The molecule has 0 bridgehead atoms. The van der Waals surface area contributed by atoms with Crippen LogP contribution in [0.4, 0.5) is 5.69 Å². The molecular formula is C8H10N2O3S. The maximum Gasteiger partial charge on any atom is 0.203 e. The van der Waals surface area contributed by atoms with Gasteiger partial charge in [0.15, 0.2) is 0 Å². The van der Waals surface area contributed by atoms with Gasteiger partial charge in [-0.05, 0) is 18.2 Å². The van der Waals surface area contributed by atoms with Crippen molar-refractivity contribution in [3.8, 4) is 5.75 Å². The van der Waals surface area contributed by atoms with Crippen LogP contribution in [0.15, 0.2) is 23.4 Å². The van der Waals surface area contributed by atoms with E-state index in [0.717, 1.165) is 0 Å². The summed E-state index contributed by atoms with van der Waals surface area (Å²) in [5.41, 5.74) is 6.56. The number of benzene rings is 1. The van der Waals surface area contributed by atoms with Crippen molar-refractivity contribution in [2.24, 2.45) is 5.18 Å². The van der Waals surface area contributed by atoms with Crippen molar-refractivity contribution >= 4 is 16.8 Å². The van der Waals surface area contributed by atoms with Gasteiger partial charge < -0.3 is 9.92 Å². The van der Waals surface area contributed by atoms with Crippen LogP contribution in [0.3, 0.4) is 0 Å². The van der Waals surface area contributed by atoms with Crippen molar-refractivity contribution in [1.82, 2.24) is 0 Å². The van der Waals surface area contributed by atoms with Gasteiger partial charge in [0.25, 0.3) is 0 Å². The lowest BCUT2D eigenvalue weighted by molar-refractivity contribution is 0.562. The van der Waals surface area contributed by atoms with Crippen molar-refractivity contribution in [2.75, 3.05) is 12.0 Å². The molecule has 5 nitrogen and oxygen atoms in total. The molecular weight excluding hydrogens is 204 g/mol. The summed E-state index contributed by atoms with van der Waals surface area (Å²) in [5, 5.41) is 2.73. The number of nitroso groups, excluding NO2 is 1. The molecule has 1 unspecified atom stereocenters. The summed E-state index contributed by atoms with van der Waals surface area (Å²) in [6.07, 6.45) is 1.40. The second kappa shape index (κ2) is 4.71. The van der Waals surface area contributed by atoms with Gasteiger partial charge in [0.1, 0.15) is 12.3 Å². The van der Waals surface area contributed by atoms with E-state index in [4.69, 9.17) is 9.92 Å². The summed E-state index contributed by atoms with van der Waals surface area (Å²) in [6, 6.07) is 4.75. The smallest absolute Gasteiger partial charge is 0.203 e. The van der Waals surface area contributed by atoms with Crippen molar-refractivity contribution in [1.29, 1.82) is 0 Å². The molecule has 14 heavy (non-hydrogen) atoms. The van der Waals surface area contributed by atoms with E-state index in [9.17, 15) is 9.12 Å². The summed E-state index contributed by atoms with van der Waals surface area (Å²) >= 11 is -1.42. The third-order valence-electron chi connectivity index (χ3n) is 1.53. The highest BCUT2D eigenvalue weighted by Gasteiger charge is 2.06. The Bertz CT molecular complexity index is 368. The van der Waals surface area contributed by atoms with Gasteiger partial charge in [0.2, 0.25) is 11.1 Å². The first-order valence-electron chi connectivity index (χ1n) is 3.82. The minimum Gasteiger partial charge on any atom is -0.400 e. The molecule has 0 heterocycles. The zero-order valence-electron chi connectivity index (χ0n) is 7.60. The standard InChI is InChI=1S/C8H10N2O3S/c1-14(12)13-8-3-2-7(9)4-6(8)5-10-11/h2-4H,5,9H2,1H3. The van der Waals surface area contributed by atoms with Crippen molar-refractivity contribution in [3.63, 3.8) is 0 Å². The van der Waals surface area contributed by atoms with Crippen LogP contribution < -0.4 is 9.92 Å². The number of hydrogen-bond donors (Lipinski definition) is 1. The Labute approximate surface area is 83.9 Å². The minimum atomic E-state index is -1.42. The highest BCUT2D eigenvalue weighted by Crippen LogP contribution is 2.22. The average Bonchev–Trinajstić information content (AvgIpc) is 2.09. The zero-order valence-corrected chi connectivity index (χ0v) is 8.41. The fourth-order valence-electron chi connectivity index (χ4n) is 1.00. The molecule has 1 atom stereocenters. The molecule has 1 rings (SSSR count). The van der Waals surface area contributed by atoms with Crippen LogP contribution in [-0.2, 0) is 17.6 Å². The van der Waals surface area contributed by atoms with E-state index in [-0.39, 0.29) is 6.54 Å². The lowest BCUT2D eigenvalue weighted by atomic mass is 10.2. The molecule has 0 amide bonds. The predicted molar refractivity (Wildman–Crippen MR) is 55.0 cm³/mol. The Hall–Kier alpha value is -1.43. The topological polar surface area (TPSA) is 81.8 Å². The van der Waals surface area contributed by atoms with Gasteiger partial charge in [-0.3, -0.25) is 0 Å². The molecule has 0 saturated heterocycles. The van der Waals surface area contributed by atoms with E-state index in [2.05, 4.69) is 5.18 Å². The molecule has 0 radical (unpaired) electrons. The first-order valence-corrected chi connectivity index (χ1v) is 5.31. The SMILES string of the molecule is CS(=O)Oc1ccc(N)cc1CN=O. The molecule has 2 N–H and O–H groups in total. The first-order chi connectivity index (χ1) is 6.63. The summed E-state index contributed by atoms with van der Waals surface area (Å²) in [7, 11) is 0. The number of anilines is 1. The van der Waals surface area contributed by atoms with E-state index in [1.165, 1.54) is 6.26 Å². The molecule has 0 spiro atoms. The summed E-state index contributed by atoms with van der Waals surface area (Å²) in [5.74, 6) is 0.375. The molecule has 6 heteroatoms. The monoisotopic (exact) mass is 214 g/mol. The molecule has 0 aliphatic carbocycles. The number of nitrogens with two attached hydrogens (primary N) is 1. The summed E-state index contributed by atoms with van der Waals surface area (Å²) in [4.78, 5) is 10.1. The molecule has 0 aromatic heterocycles. The fourth-order valence-corrected chi connectivity index (χ4v) is 1.42. The molecule has 0 saturated carbocycles. The maximum atomic E-state index is 10.8. The van der Waals surface area contributed by atoms with Crippen molar-refractivity contribution < 1.29 is 8.39 Å². The highest BCUT2D eigenvalue weighted by atomic mass is 32.2. The fraction of sp³-hybridized carbons (Fsp3) is 0.250. The normalized spacial score (nSPS) is 12.1. The van der Waals surface area contributed by atoms with Gasteiger partial charge >= 0.3 is 0 Å². The summed E-state index contributed by atoms with van der Waals surface area (Å²) in [6.45, 7) is -0.0441. The Morgan fingerprint density at radius 2 is 2.29 bits per heavy atom. The Morgan fingerprint density at radius 3 is 2.86 bits per heavy atom. The second-order valence-electron chi connectivity index (χ2n) is 2.64. The Balaban J connectivity index is 3.01. The highest BCUT2D eigenvalue weighted by molar-refractivity contribution is 7.79. The number of nitrogen functional groups attached to an aromatic ring is 1. The lowest BCUT2D eigenvalue weighted by Gasteiger charge is -2.06. The van der Waals surface area contributed by atoms with E-state index >= 15 is 0 Å². The van der Waals surface area contributed by atoms with Gasteiger partial charge in [0.05, 0.1) is 0 Å². The van der Waals surface area contributed by atoms with Crippen LogP contribution in [0, 0.1) is 4.91 Å². The van der Waals surface area contributed by atoms with Crippen LogP contribution >= 0.6 is 0 Å². The van der Waals surface area contributed by atoms with Crippen LogP contribution in [0.25, 0.3) is 0 Å². The lowest BCUT2D eigenvalue weighted by Crippen LogP contribution is -2.00. The van der Waals surface area contributed by atoms with E-state index in [1.54, 1.807) is 18.2 Å². The second-order valence-corrected chi connectivity index (χ2v) is 3.61. The van der Waals surface area contributed by atoms with Crippen LogP contribution in [0.5, 0.6) is 5.75 Å². The summed E-state index contributed by atoms with van der Waals surface area (Å²) < 4.78 is 15.8. The molecule has 76 valence electrons. The molecule has 1 aromatic carbocycles. The molecule has 1 aromatic rings. The van der Waals surface area contributed by atoms with Crippen LogP contribution in [0.2, 0.25) is 0 Å². The van der Waals surface area contributed by atoms with Crippen molar-refractivity contribution in [3.05, 3.63) is 28.7 Å². The predicted octanol–water partition coefficient (Wildman–Crippen LogP) is 1.21. The number of nitrogens with zero attached hydrogens (tertiary/aromatic N) is 1. The van der Waals surface area contributed by atoms with Gasteiger partial charge in [-0.1, -0.05) is 5.18 Å². The largest absolute Gasteiger partial charge is 0.400 e. The molecule has 0 fully saturated rings. The third kappa shape index (κ3) is 2.81. The Morgan fingerprint density at radius 1 is 1.57 bits per heavy atom. The van der Waals surface area contributed by atoms with Gasteiger partial charge in [-0.25, -0.2) is 4.21 Å². The quantitative estimate of drug-likeness (QED) is 0.603. The minimum absolute atomic E-state index is 0.0441. The van der Waals surface area contributed by atoms with Gasteiger partial charge in [-0.15, -0.1) is 0 Å². The van der Waals surface area contributed by atoms with Crippen molar-refractivity contribution in [2.45, 2.75) is 6.54 Å². The maximum absolute atomic E-state index is 10.8. The number of hydrogen-bond acceptors (Lipinski definition) is 5. The van der Waals surface area contributed by atoms with E-state index in [0.29, 0.717) is 17.0 Å². The van der Waals surface area contributed by atoms with E-state index in [1.807, 2.05) is 0 Å². The zero-order chi connectivity index (χ0) is 10.6. The van der Waals surface area contributed by atoms with E-state index < -0.39 is 11.1 Å². The molecule has 0 aliphatic rings. The van der Waals surface area contributed by atoms with Crippen LogP contribution in [-0.4, -0.2) is 10.5 Å². The first kappa shape index (κ1) is 10.6. The molecule has 0 aliphatic heterocycles. The Kier molecular flexibility index (Phi) is 3.58. The van der Waals surface area contributed by atoms with Gasteiger partial charge in [-0.2, -0.15) is 4.91 Å². The van der Waals surface area contributed by atoms with Crippen LogP contribution in [0.1, 0.15) is 5.56 Å².